The lowest BCUT2D eigenvalue weighted by molar-refractivity contribution is -0.142. The number of rotatable bonds is 4. The third-order valence-corrected chi connectivity index (χ3v) is 2.98. The Balaban J connectivity index is 2.71. The number of hydrogen-bond acceptors (Lipinski definition) is 5. The number of carboxylic acid groups (broad SMARTS) is 1. The molecule has 0 radical (unpaired) electrons. The number of carboxylic acids is 1. The van der Waals surface area contributed by atoms with E-state index in [0.29, 0.717) is 5.75 Å². The van der Waals surface area contributed by atoms with E-state index < -0.39 is 29.1 Å². The Kier molecular flexibility index (Phi) is 4.50. The summed E-state index contributed by atoms with van der Waals surface area (Å²) in [6, 6.07) is -1.26. The molecule has 1 heterocycles. The number of nitrogens with one attached hydrogen (secondary N) is 1. The third-order valence-electron chi connectivity index (χ3n) is 2.10. The van der Waals surface area contributed by atoms with Gasteiger partial charge in [0.2, 0.25) is 11.8 Å². The molecule has 17 heavy (non-hydrogen) atoms. The Labute approximate surface area is 102 Å². The highest BCUT2D eigenvalue weighted by atomic mass is 32.2. The van der Waals surface area contributed by atoms with Gasteiger partial charge in [-0.3, -0.25) is 19.3 Å². The van der Waals surface area contributed by atoms with Crippen LogP contribution in [0.4, 0.5) is 4.79 Å². The normalized spacial score (nSPS) is 17.8. The van der Waals surface area contributed by atoms with Crippen LogP contribution in [-0.2, 0) is 14.4 Å². The minimum absolute atomic E-state index is 0.197. The first-order chi connectivity index (χ1) is 7.91. The van der Waals surface area contributed by atoms with Gasteiger partial charge < -0.3 is 10.4 Å². The van der Waals surface area contributed by atoms with Gasteiger partial charge in [-0.1, -0.05) is 11.8 Å². The van der Waals surface area contributed by atoms with E-state index in [2.05, 4.69) is 5.32 Å². The minimum Gasteiger partial charge on any atom is -0.480 e. The Bertz CT molecular complexity index is 354. The molecule has 1 aliphatic heterocycles. The van der Waals surface area contributed by atoms with Gasteiger partial charge >= 0.3 is 5.97 Å². The summed E-state index contributed by atoms with van der Waals surface area (Å²) in [5.74, 6) is -1.81. The van der Waals surface area contributed by atoms with Gasteiger partial charge in [0.15, 0.2) is 0 Å². The third kappa shape index (κ3) is 3.74. The van der Waals surface area contributed by atoms with E-state index >= 15 is 0 Å². The predicted octanol–water partition coefficient (Wildman–Crippen LogP) is -0.339. The fourth-order valence-corrected chi connectivity index (χ4v) is 2.11. The summed E-state index contributed by atoms with van der Waals surface area (Å²) in [6.07, 6.45) is 0.197. The van der Waals surface area contributed by atoms with Crippen LogP contribution in [0.25, 0.3) is 0 Å². The molecule has 94 valence electrons. The summed E-state index contributed by atoms with van der Waals surface area (Å²) in [7, 11) is 0. The molecule has 0 aromatic carbocycles. The largest absolute Gasteiger partial charge is 0.480 e. The van der Waals surface area contributed by atoms with Crippen molar-refractivity contribution in [2.45, 2.75) is 19.4 Å². The molecule has 0 aromatic heterocycles. The summed E-state index contributed by atoms with van der Waals surface area (Å²) in [5, 5.41) is 10.6. The number of imide groups is 1. The van der Waals surface area contributed by atoms with Crippen LogP contribution >= 0.6 is 11.8 Å². The van der Waals surface area contributed by atoms with Gasteiger partial charge in [0.1, 0.15) is 6.04 Å². The van der Waals surface area contributed by atoms with Crippen LogP contribution in [0.15, 0.2) is 0 Å². The lowest BCUT2D eigenvalue weighted by Crippen LogP contribution is -2.51. The van der Waals surface area contributed by atoms with Crippen LogP contribution in [0.1, 0.15) is 13.3 Å². The number of amides is 3. The van der Waals surface area contributed by atoms with Crippen molar-refractivity contribution in [3.8, 4) is 0 Å². The topological polar surface area (TPSA) is 104 Å². The molecule has 0 saturated carbocycles. The average molecular weight is 260 g/mol. The summed E-state index contributed by atoms with van der Waals surface area (Å²) < 4.78 is 0. The van der Waals surface area contributed by atoms with Gasteiger partial charge in [-0.2, -0.15) is 0 Å². The molecular weight excluding hydrogens is 248 g/mol. The number of carbonyl (C=O) groups is 4. The Morgan fingerprint density at radius 2 is 2.18 bits per heavy atom. The van der Waals surface area contributed by atoms with Gasteiger partial charge in [0.05, 0.1) is 6.54 Å². The number of aliphatic carboxylic acids is 1. The second-order valence-corrected chi connectivity index (χ2v) is 4.51. The molecule has 1 aliphatic rings. The Morgan fingerprint density at radius 1 is 1.53 bits per heavy atom. The van der Waals surface area contributed by atoms with E-state index in [0.717, 1.165) is 16.7 Å². The number of nitrogens with zero attached hydrogens (tertiary/aromatic N) is 1. The summed E-state index contributed by atoms with van der Waals surface area (Å²) >= 11 is 0.963. The van der Waals surface area contributed by atoms with Crippen LogP contribution in [0.3, 0.4) is 0 Å². The molecule has 2 N–H and O–H groups in total. The van der Waals surface area contributed by atoms with Gasteiger partial charge in [0.25, 0.3) is 5.24 Å². The van der Waals surface area contributed by atoms with Crippen molar-refractivity contribution in [2.24, 2.45) is 0 Å². The second kappa shape index (κ2) is 5.67. The zero-order valence-electron chi connectivity index (χ0n) is 9.13. The minimum atomic E-state index is -1.28. The lowest BCUT2D eigenvalue weighted by Gasteiger charge is -2.26. The maximum atomic E-state index is 11.4. The molecule has 1 fully saturated rings. The van der Waals surface area contributed by atoms with E-state index in [1.54, 1.807) is 0 Å². The van der Waals surface area contributed by atoms with Crippen molar-refractivity contribution in [1.82, 2.24) is 10.2 Å². The van der Waals surface area contributed by atoms with Crippen molar-refractivity contribution in [2.75, 3.05) is 12.3 Å². The number of carbonyl (C=O) groups excluding carboxylic acids is 3. The summed E-state index contributed by atoms with van der Waals surface area (Å²) in [6.45, 7) is 0.837. The van der Waals surface area contributed by atoms with Gasteiger partial charge in [-0.25, -0.2) is 4.79 Å². The number of hydrogen-bond donors (Lipinski definition) is 2. The fraction of sp³-hybridized carbons (Fsp3) is 0.556. The smallest absolute Gasteiger partial charge is 0.328 e. The van der Waals surface area contributed by atoms with E-state index in [1.807, 2.05) is 0 Å². The van der Waals surface area contributed by atoms with Crippen molar-refractivity contribution in [3.05, 3.63) is 0 Å². The van der Waals surface area contributed by atoms with E-state index in [-0.39, 0.29) is 13.0 Å². The van der Waals surface area contributed by atoms with Gasteiger partial charge in [-0.05, 0) is 0 Å². The van der Waals surface area contributed by atoms with E-state index in [1.165, 1.54) is 6.92 Å². The second-order valence-electron chi connectivity index (χ2n) is 3.46. The van der Waals surface area contributed by atoms with Crippen molar-refractivity contribution in [1.29, 1.82) is 0 Å². The molecular formula is C9H12N2O5S. The zero-order valence-corrected chi connectivity index (χ0v) is 9.95. The molecule has 0 spiro atoms. The maximum Gasteiger partial charge on any atom is 0.328 e. The summed E-state index contributed by atoms with van der Waals surface area (Å²) in [4.78, 5) is 45.4. The molecule has 7 nitrogen and oxygen atoms in total. The van der Waals surface area contributed by atoms with Crippen LogP contribution in [-0.4, -0.2) is 51.4 Å². The molecule has 1 rings (SSSR count). The average Bonchev–Trinajstić information content (AvgIpc) is 2.21. The van der Waals surface area contributed by atoms with Crippen LogP contribution in [0.2, 0.25) is 0 Å². The van der Waals surface area contributed by atoms with Crippen molar-refractivity contribution < 1.29 is 24.3 Å². The van der Waals surface area contributed by atoms with Crippen molar-refractivity contribution >= 4 is 34.8 Å². The van der Waals surface area contributed by atoms with E-state index in [4.69, 9.17) is 5.11 Å². The highest BCUT2D eigenvalue weighted by Gasteiger charge is 2.31. The molecule has 1 saturated heterocycles. The van der Waals surface area contributed by atoms with Crippen LogP contribution < -0.4 is 5.32 Å². The highest BCUT2D eigenvalue weighted by molar-refractivity contribution is 8.13. The summed E-state index contributed by atoms with van der Waals surface area (Å²) in [5.41, 5.74) is 0. The molecule has 0 aliphatic carbocycles. The molecule has 1 atom stereocenters. The first-order valence-corrected chi connectivity index (χ1v) is 5.87. The maximum absolute atomic E-state index is 11.4. The molecule has 1 unspecified atom stereocenters. The van der Waals surface area contributed by atoms with Crippen LogP contribution in [0, 0.1) is 0 Å². The quantitative estimate of drug-likeness (QED) is 0.716. The first kappa shape index (κ1) is 13.5. The monoisotopic (exact) mass is 260 g/mol. The Morgan fingerprint density at radius 3 is 2.65 bits per heavy atom. The zero-order chi connectivity index (χ0) is 13.0. The SMILES string of the molecule is CC(=O)NC(CN1C(=O)CCSC1=O)C(=O)O. The molecule has 8 heteroatoms. The predicted molar refractivity (Wildman–Crippen MR) is 59.4 cm³/mol. The number of thioether (sulfide) groups is 1. The Hall–Kier alpha value is -1.57. The van der Waals surface area contributed by atoms with Crippen molar-refractivity contribution in [3.63, 3.8) is 0 Å². The highest BCUT2D eigenvalue weighted by Crippen LogP contribution is 2.18. The van der Waals surface area contributed by atoms with Crippen LogP contribution in [0.5, 0.6) is 0 Å². The lowest BCUT2D eigenvalue weighted by atomic mass is 10.2. The van der Waals surface area contributed by atoms with E-state index in [9.17, 15) is 19.2 Å². The standard InChI is InChI=1S/C9H12N2O5S/c1-5(12)10-6(8(14)15)4-11-7(13)2-3-17-9(11)16/h6H,2-4H2,1H3,(H,10,12)(H,14,15). The van der Waals surface area contributed by atoms with Gasteiger partial charge in [0, 0.05) is 19.1 Å². The first-order valence-electron chi connectivity index (χ1n) is 4.89. The molecule has 0 bridgehead atoms. The fourth-order valence-electron chi connectivity index (χ4n) is 1.33. The molecule has 3 amide bonds. The molecule has 0 aromatic rings. The van der Waals surface area contributed by atoms with Gasteiger partial charge in [-0.15, -0.1) is 0 Å².